The molecular weight excluding hydrogens is 310 g/mol. The lowest BCUT2D eigenvalue weighted by atomic mass is 9.97. The maximum absolute atomic E-state index is 10.4. The molecule has 23 heavy (non-hydrogen) atoms. The first-order valence-corrected chi connectivity index (χ1v) is 8.49. The standard InChI is InChI=1S/C17H19N3O2S/c21-12-22-15-8-6-14(7-9-15)19-16(17-11-18-20-23-17)10-13-4-2-1-3-5-13/h1-5,8,11-12,14,16,19H,6-7,9-10H2/t14-,16?/m1/s1. The van der Waals surface area contributed by atoms with Gasteiger partial charge in [-0.25, -0.2) is 0 Å². The average molecular weight is 329 g/mol. The second kappa shape index (κ2) is 7.99. The number of carbonyl (C=O) groups excluding carboxylic acids is 1. The molecule has 1 aliphatic rings. The predicted octanol–water partition coefficient (Wildman–Crippen LogP) is 3.02. The van der Waals surface area contributed by atoms with Crippen LogP contribution in [-0.2, 0) is 16.0 Å². The molecule has 120 valence electrons. The number of hydrogen-bond donors (Lipinski definition) is 1. The van der Waals surface area contributed by atoms with Gasteiger partial charge in [0.05, 0.1) is 11.1 Å². The number of hydrogen-bond acceptors (Lipinski definition) is 6. The lowest BCUT2D eigenvalue weighted by Crippen LogP contribution is -2.34. The van der Waals surface area contributed by atoms with Crippen molar-refractivity contribution in [1.29, 1.82) is 0 Å². The molecule has 5 nitrogen and oxygen atoms in total. The van der Waals surface area contributed by atoms with Crippen molar-refractivity contribution >= 4 is 18.0 Å². The molecule has 2 aromatic rings. The van der Waals surface area contributed by atoms with Crippen molar-refractivity contribution in [3.05, 3.63) is 58.8 Å². The second-order valence-corrected chi connectivity index (χ2v) is 6.40. The summed E-state index contributed by atoms with van der Waals surface area (Å²) in [7, 11) is 0. The zero-order chi connectivity index (χ0) is 15.9. The van der Waals surface area contributed by atoms with Crippen molar-refractivity contribution in [1.82, 2.24) is 14.9 Å². The van der Waals surface area contributed by atoms with E-state index >= 15 is 0 Å². The summed E-state index contributed by atoms with van der Waals surface area (Å²) in [5, 5.41) is 7.68. The zero-order valence-corrected chi connectivity index (χ0v) is 13.5. The molecule has 6 heteroatoms. The molecule has 0 bridgehead atoms. The number of carbonyl (C=O) groups is 1. The minimum atomic E-state index is 0.198. The smallest absolute Gasteiger partial charge is 0.298 e. The van der Waals surface area contributed by atoms with Crippen molar-refractivity contribution in [2.24, 2.45) is 0 Å². The number of rotatable bonds is 7. The molecule has 1 aliphatic carbocycles. The molecule has 1 N–H and O–H groups in total. The Labute approximate surface area is 139 Å². The number of nitrogens with one attached hydrogen (secondary N) is 1. The van der Waals surface area contributed by atoms with Crippen molar-refractivity contribution in [2.75, 3.05) is 0 Å². The Morgan fingerprint density at radius 1 is 1.39 bits per heavy atom. The highest BCUT2D eigenvalue weighted by Gasteiger charge is 2.21. The molecule has 0 spiro atoms. The molecule has 0 amide bonds. The van der Waals surface area contributed by atoms with Gasteiger partial charge in [-0.15, -0.1) is 5.10 Å². The van der Waals surface area contributed by atoms with Gasteiger partial charge in [0.15, 0.2) is 0 Å². The van der Waals surface area contributed by atoms with Crippen LogP contribution < -0.4 is 5.32 Å². The monoisotopic (exact) mass is 329 g/mol. The first-order valence-electron chi connectivity index (χ1n) is 7.71. The lowest BCUT2D eigenvalue weighted by Gasteiger charge is -2.27. The number of benzene rings is 1. The van der Waals surface area contributed by atoms with E-state index in [4.69, 9.17) is 4.74 Å². The highest BCUT2D eigenvalue weighted by Crippen LogP contribution is 2.25. The average Bonchev–Trinajstić information content (AvgIpc) is 3.12. The van der Waals surface area contributed by atoms with E-state index in [-0.39, 0.29) is 6.04 Å². The Morgan fingerprint density at radius 2 is 2.26 bits per heavy atom. The molecule has 0 aliphatic heterocycles. The van der Waals surface area contributed by atoms with Gasteiger partial charge in [-0.1, -0.05) is 34.8 Å². The maximum atomic E-state index is 10.4. The van der Waals surface area contributed by atoms with E-state index in [2.05, 4.69) is 39.2 Å². The molecule has 0 saturated heterocycles. The largest absolute Gasteiger partial charge is 0.434 e. The Hall–Kier alpha value is -2.05. The number of nitrogens with zero attached hydrogens (tertiary/aromatic N) is 2. The van der Waals surface area contributed by atoms with Gasteiger partial charge in [-0.3, -0.25) is 4.79 Å². The number of ether oxygens (including phenoxy) is 1. The summed E-state index contributed by atoms with van der Waals surface area (Å²) >= 11 is 1.44. The fourth-order valence-electron chi connectivity index (χ4n) is 2.83. The molecule has 0 radical (unpaired) electrons. The van der Waals surface area contributed by atoms with Crippen LogP contribution in [-0.4, -0.2) is 22.1 Å². The highest BCUT2D eigenvalue weighted by atomic mass is 32.1. The lowest BCUT2D eigenvalue weighted by molar-refractivity contribution is -0.125. The van der Waals surface area contributed by atoms with Crippen molar-refractivity contribution in [2.45, 2.75) is 37.8 Å². The normalized spacial score (nSPS) is 19.0. The van der Waals surface area contributed by atoms with Gasteiger partial charge >= 0.3 is 0 Å². The minimum Gasteiger partial charge on any atom is -0.434 e. The molecule has 2 atom stereocenters. The van der Waals surface area contributed by atoms with Crippen LogP contribution in [0.25, 0.3) is 0 Å². The second-order valence-electron chi connectivity index (χ2n) is 5.58. The first kappa shape index (κ1) is 15.8. The summed E-state index contributed by atoms with van der Waals surface area (Å²) in [5.74, 6) is 0.775. The van der Waals surface area contributed by atoms with Crippen molar-refractivity contribution < 1.29 is 9.53 Å². The Morgan fingerprint density at radius 3 is 2.91 bits per heavy atom. The van der Waals surface area contributed by atoms with Crippen molar-refractivity contribution in [3.63, 3.8) is 0 Å². The topological polar surface area (TPSA) is 64.1 Å². The highest BCUT2D eigenvalue weighted by molar-refractivity contribution is 7.05. The van der Waals surface area contributed by atoms with Crippen LogP contribution in [0, 0.1) is 0 Å². The zero-order valence-electron chi connectivity index (χ0n) is 12.7. The summed E-state index contributed by atoms with van der Waals surface area (Å²) < 4.78 is 8.93. The Kier molecular flexibility index (Phi) is 5.50. The van der Waals surface area contributed by atoms with Crippen LogP contribution in [0.1, 0.15) is 35.7 Å². The summed E-state index contributed by atoms with van der Waals surface area (Å²) in [6.07, 6.45) is 7.35. The number of aromatic nitrogens is 2. The van der Waals surface area contributed by atoms with E-state index in [0.29, 0.717) is 12.5 Å². The van der Waals surface area contributed by atoms with Gasteiger partial charge in [0.25, 0.3) is 6.47 Å². The van der Waals surface area contributed by atoms with E-state index in [1.807, 2.05) is 18.3 Å². The molecule has 0 saturated carbocycles. The van der Waals surface area contributed by atoms with Gasteiger partial charge in [0, 0.05) is 18.5 Å². The van der Waals surface area contributed by atoms with Gasteiger partial charge < -0.3 is 10.1 Å². The molecule has 0 fully saturated rings. The van der Waals surface area contributed by atoms with E-state index in [0.717, 1.165) is 36.3 Å². The summed E-state index contributed by atoms with van der Waals surface area (Å²) in [6, 6.07) is 11.0. The molecule has 1 aromatic heterocycles. The van der Waals surface area contributed by atoms with E-state index in [1.165, 1.54) is 17.1 Å². The van der Waals surface area contributed by atoms with E-state index < -0.39 is 0 Å². The van der Waals surface area contributed by atoms with E-state index in [1.54, 1.807) is 0 Å². The predicted molar refractivity (Wildman–Crippen MR) is 88.8 cm³/mol. The fourth-order valence-corrected chi connectivity index (χ4v) is 3.40. The molecule has 1 aromatic carbocycles. The Bertz CT molecular complexity index is 643. The quantitative estimate of drug-likeness (QED) is 0.791. The SMILES string of the molecule is O=COC1=CC[C@@H](NC(Cc2ccccc2)c2cnns2)CC1. The van der Waals surface area contributed by atoms with Gasteiger partial charge in [-0.05, 0) is 42.4 Å². The Balaban J connectivity index is 1.66. The van der Waals surface area contributed by atoms with Crippen LogP contribution in [0.4, 0.5) is 0 Å². The third-order valence-corrected chi connectivity index (χ3v) is 4.79. The summed E-state index contributed by atoms with van der Waals surface area (Å²) in [4.78, 5) is 11.5. The third-order valence-electron chi connectivity index (χ3n) is 4.01. The van der Waals surface area contributed by atoms with Crippen LogP contribution in [0.3, 0.4) is 0 Å². The molecule has 3 rings (SSSR count). The third kappa shape index (κ3) is 4.46. The maximum Gasteiger partial charge on any atom is 0.298 e. The minimum absolute atomic E-state index is 0.198. The van der Waals surface area contributed by atoms with Crippen LogP contribution in [0.15, 0.2) is 48.4 Å². The number of allylic oxidation sites excluding steroid dienone is 1. The van der Waals surface area contributed by atoms with Crippen LogP contribution in [0.5, 0.6) is 0 Å². The van der Waals surface area contributed by atoms with Crippen LogP contribution >= 0.6 is 11.5 Å². The van der Waals surface area contributed by atoms with Crippen molar-refractivity contribution in [3.8, 4) is 0 Å². The summed E-state index contributed by atoms with van der Waals surface area (Å²) in [6.45, 7) is 0.501. The van der Waals surface area contributed by atoms with Gasteiger partial charge in [0.2, 0.25) is 0 Å². The van der Waals surface area contributed by atoms with Gasteiger partial charge in [0.1, 0.15) is 5.76 Å². The fraction of sp³-hybridized carbons (Fsp3) is 0.353. The first-order chi connectivity index (χ1) is 11.3. The molecular formula is C17H19N3O2S. The molecule has 1 unspecified atom stereocenters. The van der Waals surface area contributed by atoms with E-state index in [9.17, 15) is 4.79 Å². The van der Waals surface area contributed by atoms with Gasteiger partial charge in [-0.2, -0.15) is 0 Å². The molecule has 1 heterocycles. The van der Waals surface area contributed by atoms with Crippen LogP contribution in [0.2, 0.25) is 0 Å². The summed E-state index contributed by atoms with van der Waals surface area (Å²) in [5.41, 5.74) is 1.29.